The molecular weight excluding hydrogens is 961 g/mol. The van der Waals surface area contributed by atoms with Crippen molar-refractivity contribution in [2.75, 3.05) is 13.2 Å². The smallest absolute Gasteiger partial charge is 0.306 e. The van der Waals surface area contributed by atoms with E-state index in [0.717, 1.165) is 89.9 Å². The van der Waals surface area contributed by atoms with Crippen LogP contribution in [-0.2, 0) is 28.6 Å². The summed E-state index contributed by atoms with van der Waals surface area (Å²) in [7, 11) is 0. The van der Waals surface area contributed by atoms with Crippen LogP contribution in [0.2, 0.25) is 0 Å². The van der Waals surface area contributed by atoms with Crippen molar-refractivity contribution in [3.63, 3.8) is 0 Å². The lowest BCUT2D eigenvalue weighted by molar-refractivity contribution is -0.167. The van der Waals surface area contributed by atoms with E-state index in [1.165, 1.54) is 212 Å². The van der Waals surface area contributed by atoms with Gasteiger partial charge in [0.05, 0.1) is 0 Å². The molecule has 0 bridgehead atoms. The van der Waals surface area contributed by atoms with E-state index in [4.69, 9.17) is 14.2 Å². The molecule has 0 N–H and O–H groups in total. The Hall–Kier alpha value is -3.15. The number of hydrogen-bond acceptors (Lipinski definition) is 6. The zero-order valence-electron chi connectivity index (χ0n) is 51.9. The van der Waals surface area contributed by atoms with Crippen LogP contribution in [0, 0.1) is 0 Å². The molecule has 0 fully saturated rings. The van der Waals surface area contributed by atoms with E-state index in [-0.39, 0.29) is 37.5 Å². The monoisotopic (exact) mass is 1090 g/mol. The lowest BCUT2D eigenvalue weighted by Crippen LogP contribution is -2.30. The lowest BCUT2D eigenvalue weighted by Gasteiger charge is -2.18. The maximum atomic E-state index is 12.9. The lowest BCUT2D eigenvalue weighted by atomic mass is 10.0. The predicted molar refractivity (Wildman–Crippen MR) is 339 cm³/mol. The van der Waals surface area contributed by atoms with Crippen LogP contribution in [0.4, 0.5) is 0 Å². The largest absolute Gasteiger partial charge is 0.462 e. The first-order valence-corrected chi connectivity index (χ1v) is 33.9. The molecular formula is C72H128O6. The Morgan fingerprint density at radius 2 is 0.500 bits per heavy atom. The maximum Gasteiger partial charge on any atom is 0.306 e. The number of rotatable bonds is 62. The minimum Gasteiger partial charge on any atom is -0.462 e. The van der Waals surface area contributed by atoms with Gasteiger partial charge in [0.1, 0.15) is 13.2 Å². The number of unbranched alkanes of at least 4 members (excludes halogenated alkanes) is 39. The first-order valence-electron chi connectivity index (χ1n) is 33.9. The molecule has 1 unspecified atom stereocenters. The van der Waals surface area contributed by atoms with Crippen molar-refractivity contribution in [2.45, 2.75) is 354 Å². The fourth-order valence-electron chi connectivity index (χ4n) is 9.92. The van der Waals surface area contributed by atoms with Crippen molar-refractivity contribution in [1.29, 1.82) is 0 Å². The van der Waals surface area contributed by atoms with Gasteiger partial charge in [-0.15, -0.1) is 0 Å². The van der Waals surface area contributed by atoms with Crippen molar-refractivity contribution in [1.82, 2.24) is 0 Å². The Labute approximate surface area is 484 Å². The molecule has 1 atom stereocenters. The molecule has 0 saturated carbocycles. The van der Waals surface area contributed by atoms with Crippen LogP contribution < -0.4 is 0 Å². The third-order valence-electron chi connectivity index (χ3n) is 15.0. The van der Waals surface area contributed by atoms with Gasteiger partial charge in [-0.25, -0.2) is 0 Å². The van der Waals surface area contributed by atoms with Gasteiger partial charge in [0, 0.05) is 19.3 Å². The molecule has 0 saturated heterocycles. The second-order valence-corrected chi connectivity index (χ2v) is 22.7. The fraction of sp³-hybridized carbons (Fsp3) is 0.792. The van der Waals surface area contributed by atoms with E-state index >= 15 is 0 Å². The number of carbonyl (C=O) groups is 3. The van der Waals surface area contributed by atoms with Gasteiger partial charge in [-0.1, -0.05) is 331 Å². The zero-order chi connectivity index (χ0) is 56.4. The van der Waals surface area contributed by atoms with Crippen molar-refractivity contribution >= 4 is 17.9 Å². The highest BCUT2D eigenvalue weighted by Crippen LogP contribution is 2.18. The molecule has 0 aliphatic heterocycles. The van der Waals surface area contributed by atoms with E-state index in [0.29, 0.717) is 19.3 Å². The topological polar surface area (TPSA) is 78.9 Å². The number of hydrogen-bond donors (Lipinski definition) is 0. The number of allylic oxidation sites excluding steroid dienone is 12. The van der Waals surface area contributed by atoms with Gasteiger partial charge in [0.15, 0.2) is 6.10 Å². The Morgan fingerprint density at radius 3 is 0.782 bits per heavy atom. The van der Waals surface area contributed by atoms with E-state index in [2.05, 4.69) is 93.7 Å². The Kier molecular flexibility index (Phi) is 63.7. The molecule has 0 aromatic carbocycles. The average molecular weight is 1090 g/mol. The third-order valence-corrected chi connectivity index (χ3v) is 15.0. The molecule has 0 aromatic heterocycles. The summed E-state index contributed by atoms with van der Waals surface area (Å²) >= 11 is 0. The molecule has 452 valence electrons. The van der Waals surface area contributed by atoms with Crippen LogP contribution in [-0.4, -0.2) is 37.2 Å². The molecule has 0 amide bonds. The fourth-order valence-corrected chi connectivity index (χ4v) is 9.92. The van der Waals surface area contributed by atoms with Crippen LogP contribution in [0.25, 0.3) is 0 Å². The standard InChI is InChI=1S/C72H128O6/c1-4-7-10-13-16-19-22-25-28-31-33-35-37-38-41-44-47-50-53-56-59-62-65-71(74)77-68-69(67-76-70(73)64-61-58-55-52-49-46-43-40-30-27-24-21-18-15-12-9-6-3)78-72(75)66-63-60-57-54-51-48-45-42-39-36-34-32-29-26-23-20-17-14-11-8-5-2/h8,11,17,20,26,29,34,36,42,45,51,54,69H,4-7,9-10,12-16,18-19,21-25,27-28,30-33,35,37-41,43-44,46-50,52-53,55-68H2,1-3H3/b11-8-,20-17-,29-26-,36-34-,45-42-,54-51-. The van der Waals surface area contributed by atoms with Crippen LogP contribution in [0.15, 0.2) is 72.9 Å². The SMILES string of the molecule is CC/C=C\C/C=C\C/C=C\C/C=C\C/C=C\C/C=C\CCCCC(=O)OC(COC(=O)CCCCCCCCCCCCCCCCCCC)COC(=O)CCCCCCCCCCCCCCCCCCCCCCCC. The molecule has 0 radical (unpaired) electrons. The van der Waals surface area contributed by atoms with Gasteiger partial charge in [0.2, 0.25) is 0 Å². The van der Waals surface area contributed by atoms with Crippen molar-refractivity contribution in [2.24, 2.45) is 0 Å². The van der Waals surface area contributed by atoms with Gasteiger partial charge < -0.3 is 14.2 Å². The van der Waals surface area contributed by atoms with E-state index in [9.17, 15) is 14.4 Å². The highest BCUT2D eigenvalue weighted by molar-refractivity contribution is 5.71. The zero-order valence-corrected chi connectivity index (χ0v) is 51.9. The summed E-state index contributed by atoms with van der Waals surface area (Å²) in [6, 6.07) is 0. The van der Waals surface area contributed by atoms with Crippen LogP contribution in [0.5, 0.6) is 0 Å². The predicted octanol–water partition coefficient (Wildman–Crippen LogP) is 23.3. The second-order valence-electron chi connectivity index (χ2n) is 22.7. The normalized spacial score (nSPS) is 12.5. The van der Waals surface area contributed by atoms with Gasteiger partial charge in [-0.2, -0.15) is 0 Å². The molecule has 0 aromatic rings. The highest BCUT2D eigenvalue weighted by atomic mass is 16.6. The Bertz CT molecular complexity index is 1440. The highest BCUT2D eigenvalue weighted by Gasteiger charge is 2.19. The first-order chi connectivity index (χ1) is 38.5. The van der Waals surface area contributed by atoms with Crippen molar-refractivity contribution < 1.29 is 28.6 Å². The molecule has 0 heterocycles. The van der Waals surface area contributed by atoms with Crippen LogP contribution >= 0.6 is 0 Å². The summed E-state index contributed by atoms with van der Waals surface area (Å²) in [6.07, 6.45) is 86.3. The van der Waals surface area contributed by atoms with Gasteiger partial charge in [-0.3, -0.25) is 14.4 Å². The van der Waals surface area contributed by atoms with Crippen molar-refractivity contribution in [3.8, 4) is 0 Å². The molecule has 0 aliphatic carbocycles. The summed E-state index contributed by atoms with van der Waals surface area (Å²) < 4.78 is 16.9. The number of ether oxygens (including phenoxy) is 3. The summed E-state index contributed by atoms with van der Waals surface area (Å²) in [5.41, 5.74) is 0. The molecule has 0 rings (SSSR count). The van der Waals surface area contributed by atoms with Gasteiger partial charge in [0.25, 0.3) is 0 Å². The number of carbonyl (C=O) groups excluding carboxylic acids is 3. The first kappa shape index (κ1) is 74.8. The van der Waals surface area contributed by atoms with Crippen LogP contribution in [0.1, 0.15) is 348 Å². The average Bonchev–Trinajstić information content (AvgIpc) is 3.44. The Balaban J connectivity index is 4.40. The maximum absolute atomic E-state index is 12.9. The third kappa shape index (κ3) is 63.7. The minimum atomic E-state index is -0.797. The van der Waals surface area contributed by atoms with Gasteiger partial charge >= 0.3 is 17.9 Å². The van der Waals surface area contributed by atoms with Crippen LogP contribution in [0.3, 0.4) is 0 Å². The molecule has 0 aliphatic rings. The Morgan fingerprint density at radius 1 is 0.269 bits per heavy atom. The quantitative estimate of drug-likeness (QED) is 0.0261. The van der Waals surface area contributed by atoms with E-state index < -0.39 is 6.10 Å². The summed E-state index contributed by atoms with van der Waals surface area (Å²) in [4.78, 5) is 38.4. The van der Waals surface area contributed by atoms with Gasteiger partial charge in [-0.05, 0) is 70.6 Å². The van der Waals surface area contributed by atoms with Crippen molar-refractivity contribution in [3.05, 3.63) is 72.9 Å². The molecule has 0 spiro atoms. The summed E-state index contributed by atoms with van der Waals surface area (Å²) in [5, 5.41) is 0. The second kappa shape index (κ2) is 66.4. The summed E-state index contributed by atoms with van der Waals surface area (Å²) in [6.45, 7) is 6.55. The number of esters is 3. The van der Waals surface area contributed by atoms with E-state index in [1.807, 2.05) is 0 Å². The summed E-state index contributed by atoms with van der Waals surface area (Å²) in [5.74, 6) is -0.910. The van der Waals surface area contributed by atoms with E-state index in [1.54, 1.807) is 0 Å². The molecule has 6 heteroatoms. The molecule has 6 nitrogen and oxygen atoms in total. The molecule has 78 heavy (non-hydrogen) atoms. The minimum absolute atomic E-state index is 0.0885.